The molecule has 2 aliphatic carbocycles. The van der Waals surface area contributed by atoms with Gasteiger partial charge in [-0.05, 0) is 54.4 Å². The third-order valence-corrected chi connectivity index (χ3v) is 6.46. The van der Waals surface area contributed by atoms with E-state index in [4.69, 9.17) is 4.98 Å². The van der Waals surface area contributed by atoms with Gasteiger partial charge < -0.3 is 4.90 Å². The molecule has 0 spiro atoms. The summed E-state index contributed by atoms with van der Waals surface area (Å²) in [5.41, 5.74) is 6.07. The molecule has 0 radical (unpaired) electrons. The number of aryl methyl sites for hydroxylation is 1. The summed E-state index contributed by atoms with van der Waals surface area (Å²) in [6, 6.07) is 13.2. The lowest BCUT2D eigenvalue weighted by molar-refractivity contribution is 0.493. The molecule has 2 unspecified atom stereocenters. The summed E-state index contributed by atoms with van der Waals surface area (Å²) in [6.45, 7) is 4.52. The molecule has 0 saturated carbocycles. The van der Waals surface area contributed by atoms with E-state index < -0.39 is 5.54 Å². The number of aromatic nitrogens is 1. The van der Waals surface area contributed by atoms with Crippen molar-refractivity contribution in [1.29, 1.82) is 0 Å². The van der Waals surface area contributed by atoms with Crippen LogP contribution in [0.5, 0.6) is 0 Å². The molecule has 2 aliphatic rings. The summed E-state index contributed by atoms with van der Waals surface area (Å²) in [6.07, 6.45) is 19.2. The van der Waals surface area contributed by atoms with Gasteiger partial charge in [0.25, 0.3) is 0 Å². The molecule has 0 bridgehead atoms. The third-order valence-electron chi connectivity index (χ3n) is 6.46. The van der Waals surface area contributed by atoms with Crippen LogP contribution >= 0.6 is 0 Å². The summed E-state index contributed by atoms with van der Waals surface area (Å²) in [7, 11) is 4.32. The van der Waals surface area contributed by atoms with Crippen LogP contribution in [0.3, 0.4) is 0 Å². The van der Waals surface area contributed by atoms with Crippen LogP contribution in [0.4, 0.5) is 5.82 Å². The van der Waals surface area contributed by atoms with Crippen LogP contribution in [0.2, 0.25) is 0 Å². The first-order chi connectivity index (χ1) is 14.5. The lowest BCUT2D eigenvalue weighted by Gasteiger charge is -2.49. The first-order valence-electron chi connectivity index (χ1n) is 11.0. The second-order valence-electron chi connectivity index (χ2n) is 8.61. The van der Waals surface area contributed by atoms with E-state index in [1.165, 1.54) is 27.7 Å². The minimum atomic E-state index is -0.393. The highest BCUT2D eigenvalue weighted by atomic mass is 15.2. The van der Waals surface area contributed by atoms with Crippen LogP contribution in [0.15, 0.2) is 90.2 Å². The van der Waals surface area contributed by atoms with Crippen molar-refractivity contribution >= 4 is 19.1 Å². The molecule has 3 heteroatoms. The Morgan fingerprint density at radius 2 is 1.93 bits per heavy atom. The maximum absolute atomic E-state index is 4.91. The monoisotopic (exact) mass is 394 g/mol. The van der Waals surface area contributed by atoms with Gasteiger partial charge in [-0.2, -0.15) is 0 Å². The summed E-state index contributed by atoms with van der Waals surface area (Å²) >= 11 is 0. The SMILES string of the molecule is Bc1cnc(N(C)C(C2=CCCC=C2)(C2=CC=CCC2C)c2ccccc2)c(C)c1. The molecule has 1 aromatic heterocycles. The van der Waals surface area contributed by atoms with Gasteiger partial charge in [-0.15, -0.1) is 0 Å². The molecule has 0 amide bonds. The summed E-state index contributed by atoms with van der Waals surface area (Å²) in [4.78, 5) is 7.33. The highest BCUT2D eigenvalue weighted by Gasteiger charge is 2.45. The molecular formula is C27H31BN2. The number of rotatable bonds is 5. The van der Waals surface area contributed by atoms with Gasteiger partial charge >= 0.3 is 0 Å². The van der Waals surface area contributed by atoms with E-state index in [-0.39, 0.29) is 0 Å². The standard InChI is InChI=1S/C27H31BN2/c1-20-12-10-11-17-25(20)27(22-13-6-4-7-14-22,23-15-8-5-9-16-23)30(3)26-21(2)18-24(28)19-29-26/h4,6-8,10-11,13-20H,5,9,12,28H2,1-3H3. The third kappa shape index (κ3) is 3.47. The Morgan fingerprint density at radius 1 is 1.13 bits per heavy atom. The van der Waals surface area contributed by atoms with Crippen LogP contribution in [0, 0.1) is 12.8 Å². The molecule has 0 fully saturated rings. The van der Waals surface area contributed by atoms with E-state index in [0.29, 0.717) is 5.92 Å². The fourth-order valence-electron chi connectivity index (χ4n) is 5.08. The maximum Gasteiger partial charge on any atom is 0.141 e. The number of nitrogens with zero attached hydrogens (tertiary/aromatic N) is 2. The Labute approximate surface area is 182 Å². The molecule has 2 atom stereocenters. The highest BCUT2D eigenvalue weighted by molar-refractivity contribution is 6.32. The largest absolute Gasteiger partial charge is 0.342 e. The number of hydrogen-bond acceptors (Lipinski definition) is 2. The fraction of sp³-hybridized carbons (Fsp3) is 0.296. The Bertz CT molecular complexity index is 1030. The Hall–Kier alpha value is -2.81. The zero-order valence-electron chi connectivity index (χ0n) is 18.6. The normalized spacial score (nSPS) is 20.3. The fourth-order valence-corrected chi connectivity index (χ4v) is 5.08. The molecule has 2 nitrogen and oxygen atoms in total. The average molecular weight is 394 g/mol. The Balaban J connectivity index is 2.04. The minimum absolute atomic E-state index is 0.393. The predicted molar refractivity (Wildman–Crippen MR) is 131 cm³/mol. The summed E-state index contributed by atoms with van der Waals surface area (Å²) in [5.74, 6) is 1.48. The predicted octanol–water partition coefficient (Wildman–Crippen LogP) is 4.78. The van der Waals surface area contributed by atoms with Gasteiger partial charge in [0.2, 0.25) is 0 Å². The van der Waals surface area contributed by atoms with E-state index >= 15 is 0 Å². The number of anilines is 1. The van der Waals surface area contributed by atoms with Crippen LogP contribution in [0.25, 0.3) is 0 Å². The van der Waals surface area contributed by atoms with Gasteiger partial charge in [-0.25, -0.2) is 4.98 Å². The van der Waals surface area contributed by atoms with Gasteiger partial charge in [0, 0.05) is 13.2 Å². The van der Waals surface area contributed by atoms with Crippen LogP contribution in [-0.4, -0.2) is 19.9 Å². The molecule has 152 valence electrons. The van der Waals surface area contributed by atoms with Crippen LogP contribution in [-0.2, 0) is 5.54 Å². The van der Waals surface area contributed by atoms with Crippen molar-refractivity contribution in [2.45, 2.75) is 38.6 Å². The van der Waals surface area contributed by atoms with Crippen molar-refractivity contribution in [2.24, 2.45) is 5.92 Å². The van der Waals surface area contributed by atoms with Crippen molar-refractivity contribution in [3.63, 3.8) is 0 Å². The first-order valence-corrected chi connectivity index (χ1v) is 11.0. The molecule has 0 aliphatic heterocycles. The van der Waals surface area contributed by atoms with E-state index in [9.17, 15) is 0 Å². The van der Waals surface area contributed by atoms with Crippen molar-refractivity contribution < 1.29 is 0 Å². The number of pyridine rings is 1. The second-order valence-corrected chi connectivity index (χ2v) is 8.61. The van der Waals surface area contributed by atoms with Crippen molar-refractivity contribution in [1.82, 2.24) is 4.98 Å². The van der Waals surface area contributed by atoms with Gasteiger partial charge in [0.05, 0.1) is 0 Å². The number of allylic oxidation sites excluding steroid dienone is 5. The number of benzene rings is 1. The Kier molecular flexibility index (Phi) is 5.81. The van der Waals surface area contributed by atoms with Crippen LogP contribution in [0.1, 0.15) is 37.3 Å². The number of likely N-dealkylation sites (N-methyl/N-ethyl adjacent to an activating group) is 1. The molecule has 0 saturated heterocycles. The zero-order valence-corrected chi connectivity index (χ0v) is 18.6. The molecule has 0 N–H and O–H groups in total. The molecule has 4 rings (SSSR count). The smallest absolute Gasteiger partial charge is 0.141 e. The molecule has 2 aromatic rings. The lowest BCUT2D eigenvalue weighted by atomic mass is 9.68. The first kappa shape index (κ1) is 20.5. The van der Waals surface area contributed by atoms with E-state index in [1.807, 2.05) is 6.20 Å². The summed E-state index contributed by atoms with van der Waals surface area (Å²) < 4.78 is 0. The van der Waals surface area contributed by atoms with Gasteiger partial charge in [0.15, 0.2) is 0 Å². The molecule has 30 heavy (non-hydrogen) atoms. The minimum Gasteiger partial charge on any atom is -0.342 e. The molecule has 1 heterocycles. The topological polar surface area (TPSA) is 16.1 Å². The van der Waals surface area contributed by atoms with E-state index in [2.05, 4.69) is 106 Å². The Morgan fingerprint density at radius 3 is 2.60 bits per heavy atom. The average Bonchev–Trinajstić information content (AvgIpc) is 2.77. The van der Waals surface area contributed by atoms with Crippen LogP contribution < -0.4 is 10.4 Å². The number of hydrogen-bond donors (Lipinski definition) is 0. The van der Waals surface area contributed by atoms with Gasteiger partial charge in [-0.1, -0.05) is 85.2 Å². The zero-order chi connectivity index (χ0) is 21.1. The van der Waals surface area contributed by atoms with Crippen molar-refractivity contribution in [3.05, 3.63) is 101 Å². The quantitative estimate of drug-likeness (QED) is 0.679. The second kappa shape index (κ2) is 8.51. The van der Waals surface area contributed by atoms with Gasteiger partial charge in [-0.3, -0.25) is 0 Å². The maximum atomic E-state index is 4.91. The van der Waals surface area contributed by atoms with Crippen molar-refractivity contribution in [2.75, 3.05) is 11.9 Å². The van der Waals surface area contributed by atoms with Gasteiger partial charge in [0.1, 0.15) is 19.2 Å². The molecule has 1 aromatic carbocycles. The highest BCUT2D eigenvalue weighted by Crippen LogP contribution is 2.49. The summed E-state index contributed by atoms with van der Waals surface area (Å²) in [5, 5.41) is 0. The van der Waals surface area contributed by atoms with Crippen molar-refractivity contribution in [3.8, 4) is 0 Å². The van der Waals surface area contributed by atoms with E-state index in [0.717, 1.165) is 25.1 Å². The van der Waals surface area contributed by atoms with E-state index in [1.54, 1.807) is 0 Å². The molecular weight excluding hydrogens is 363 g/mol. The lowest BCUT2D eigenvalue weighted by Crippen LogP contribution is -2.49.